The van der Waals surface area contributed by atoms with Crippen LogP contribution in [0.3, 0.4) is 0 Å². The van der Waals surface area contributed by atoms with E-state index >= 15 is 0 Å². The molecule has 1 aromatic carbocycles. The van der Waals surface area contributed by atoms with Crippen LogP contribution < -0.4 is 10.6 Å². The first-order chi connectivity index (χ1) is 8.22. The fourth-order valence-corrected chi connectivity index (χ4v) is 1.65. The summed E-state index contributed by atoms with van der Waals surface area (Å²) in [6, 6.07) is 9.47. The van der Waals surface area contributed by atoms with Crippen LogP contribution in [0.1, 0.15) is 13.8 Å². The van der Waals surface area contributed by atoms with Crippen molar-refractivity contribution in [3.63, 3.8) is 0 Å². The molecule has 100 valence electrons. The van der Waals surface area contributed by atoms with Crippen LogP contribution in [0.15, 0.2) is 30.3 Å². The largest absolute Gasteiger partial charge is 0.361 e. The summed E-state index contributed by atoms with van der Waals surface area (Å²) < 4.78 is 22.2. The molecule has 0 saturated carbocycles. The lowest BCUT2D eigenvalue weighted by Gasteiger charge is -2.23. The molecule has 0 bridgehead atoms. The van der Waals surface area contributed by atoms with Crippen molar-refractivity contribution in [2.75, 3.05) is 18.1 Å². The maximum atomic E-state index is 11.5. The molecular weight excluding hydrogens is 268 g/mol. The van der Waals surface area contributed by atoms with Gasteiger partial charge in [0.15, 0.2) is 14.9 Å². The molecule has 0 radical (unpaired) electrons. The Morgan fingerprint density at radius 1 is 1.28 bits per heavy atom. The molecule has 18 heavy (non-hydrogen) atoms. The monoisotopic (exact) mass is 286 g/mol. The number of benzene rings is 1. The number of para-hydroxylation sites is 1. The lowest BCUT2D eigenvalue weighted by Crippen LogP contribution is -2.44. The van der Waals surface area contributed by atoms with Crippen LogP contribution >= 0.6 is 12.2 Å². The van der Waals surface area contributed by atoms with Crippen LogP contribution in [0.25, 0.3) is 0 Å². The molecule has 0 aliphatic heterocycles. The summed E-state index contributed by atoms with van der Waals surface area (Å²) in [4.78, 5) is 0. The van der Waals surface area contributed by atoms with Crippen LogP contribution in [0.5, 0.6) is 0 Å². The summed E-state index contributed by atoms with van der Waals surface area (Å²) in [6.07, 6.45) is 1.22. The third-order valence-electron chi connectivity index (χ3n) is 2.71. The average Bonchev–Trinajstić information content (AvgIpc) is 2.26. The van der Waals surface area contributed by atoms with E-state index in [1.54, 1.807) is 13.8 Å². The van der Waals surface area contributed by atoms with E-state index in [0.717, 1.165) is 5.69 Å². The highest BCUT2D eigenvalue weighted by atomic mass is 32.2. The van der Waals surface area contributed by atoms with E-state index in [4.69, 9.17) is 12.2 Å². The molecule has 1 rings (SSSR count). The highest BCUT2D eigenvalue weighted by molar-refractivity contribution is 7.92. The smallest absolute Gasteiger partial charge is 0.170 e. The van der Waals surface area contributed by atoms with Crippen molar-refractivity contribution >= 4 is 32.9 Å². The number of thiocarbonyl (C=S) groups is 1. The average molecular weight is 286 g/mol. The Kier molecular flexibility index (Phi) is 4.70. The zero-order valence-corrected chi connectivity index (χ0v) is 12.4. The van der Waals surface area contributed by atoms with Gasteiger partial charge in [-0.05, 0) is 38.2 Å². The maximum absolute atomic E-state index is 11.5. The third-order valence-corrected chi connectivity index (χ3v) is 5.11. The summed E-state index contributed by atoms with van der Waals surface area (Å²) in [6.45, 7) is 3.60. The Morgan fingerprint density at radius 3 is 2.33 bits per heavy atom. The number of hydrogen-bond acceptors (Lipinski definition) is 3. The quantitative estimate of drug-likeness (QED) is 0.827. The van der Waals surface area contributed by atoms with Gasteiger partial charge >= 0.3 is 0 Å². The highest BCUT2D eigenvalue weighted by Gasteiger charge is 2.29. The Balaban J connectivity index is 2.53. The molecule has 2 N–H and O–H groups in total. The van der Waals surface area contributed by atoms with Gasteiger partial charge in [0.05, 0.1) is 4.75 Å². The molecular formula is C12H18N2O2S2. The van der Waals surface area contributed by atoms with Crippen LogP contribution in [0, 0.1) is 0 Å². The zero-order chi connectivity index (χ0) is 13.8. The number of nitrogens with one attached hydrogen (secondary N) is 2. The number of rotatable bonds is 4. The number of sulfone groups is 1. The maximum Gasteiger partial charge on any atom is 0.170 e. The molecule has 0 atom stereocenters. The lowest BCUT2D eigenvalue weighted by molar-refractivity contribution is 0.547. The van der Waals surface area contributed by atoms with Gasteiger partial charge in [-0.2, -0.15) is 0 Å². The van der Waals surface area contributed by atoms with Gasteiger partial charge in [-0.3, -0.25) is 0 Å². The van der Waals surface area contributed by atoms with Crippen molar-refractivity contribution in [1.82, 2.24) is 5.32 Å². The molecule has 0 unspecified atom stereocenters. The molecule has 0 aliphatic carbocycles. The van der Waals surface area contributed by atoms with Crippen molar-refractivity contribution in [3.8, 4) is 0 Å². The first kappa shape index (κ1) is 14.9. The minimum atomic E-state index is -3.12. The van der Waals surface area contributed by atoms with Crippen LogP contribution in [0.4, 0.5) is 5.69 Å². The topological polar surface area (TPSA) is 58.2 Å². The van der Waals surface area contributed by atoms with Gasteiger partial charge in [-0.25, -0.2) is 8.42 Å². The SMILES string of the molecule is CC(C)(CNC(=S)Nc1ccccc1)S(C)(=O)=O. The van der Waals surface area contributed by atoms with Gasteiger partial charge < -0.3 is 10.6 Å². The standard InChI is InChI=1S/C12H18N2O2S2/c1-12(2,18(3,15)16)9-13-11(17)14-10-7-5-4-6-8-10/h4-8H,9H2,1-3H3,(H2,13,14,17). The molecule has 1 aromatic rings. The fourth-order valence-electron chi connectivity index (χ4n) is 1.12. The predicted molar refractivity (Wildman–Crippen MR) is 79.6 cm³/mol. The second-order valence-corrected chi connectivity index (χ2v) is 7.76. The van der Waals surface area contributed by atoms with Crippen LogP contribution in [0.2, 0.25) is 0 Å². The van der Waals surface area contributed by atoms with E-state index < -0.39 is 14.6 Å². The van der Waals surface area contributed by atoms with E-state index in [1.165, 1.54) is 6.26 Å². The van der Waals surface area contributed by atoms with Gasteiger partial charge in [0.25, 0.3) is 0 Å². The van der Waals surface area contributed by atoms with Crippen molar-refractivity contribution in [3.05, 3.63) is 30.3 Å². The van der Waals surface area contributed by atoms with Crippen molar-refractivity contribution in [2.24, 2.45) is 0 Å². The van der Waals surface area contributed by atoms with E-state index in [1.807, 2.05) is 30.3 Å². The summed E-state index contributed by atoms with van der Waals surface area (Å²) in [5.41, 5.74) is 0.868. The Bertz CT molecular complexity index is 510. The molecule has 0 fully saturated rings. The molecule has 4 nitrogen and oxygen atoms in total. The van der Waals surface area contributed by atoms with Gasteiger partial charge in [-0.1, -0.05) is 18.2 Å². The fraction of sp³-hybridized carbons (Fsp3) is 0.417. The molecule has 0 heterocycles. The van der Waals surface area contributed by atoms with Crippen molar-refractivity contribution < 1.29 is 8.42 Å². The second-order valence-electron chi connectivity index (χ2n) is 4.71. The van der Waals surface area contributed by atoms with E-state index in [0.29, 0.717) is 5.11 Å². The van der Waals surface area contributed by atoms with Crippen molar-refractivity contribution in [1.29, 1.82) is 0 Å². The van der Waals surface area contributed by atoms with Crippen molar-refractivity contribution in [2.45, 2.75) is 18.6 Å². The van der Waals surface area contributed by atoms with Gasteiger partial charge in [0, 0.05) is 18.5 Å². The van der Waals surface area contributed by atoms with Gasteiger partial charge in [-0.15, -0.1) is 0 Å². The molecule has 0 spiro atoms. The normalized spacial score (nSPS) is 11.9. The van der Waals surface area contributed by atoms with E-state index in [9.17, 15) is 8.42 Å². The van der Waals surface area contributed by atoms with Gasteiger partial charge in [0.2, 0.25) is 0 Å². The lowest BCUT2D eigenvalue weighted by atomic mass is 10.2. The third kappa shape index (κ3) is 4.27. The number of anilines is 1. The Labute approximate surface area is 114 Å². The minimum absolute atomic E-state index is 0.268. The number of hydrogen-bond donors (Lipinski definition) is 2. The summed E-state index contributed by atoms with van der Waals surface area (Å²) in [5.74, 6) is 0. The Hall–Kier alpha value is -1.14. The predicted octanol–water partition coefficient (Wildman–Crippen LogP) is 1.80. The molecule has 0 aromatic heterocycles. The van der Waals surface area contributed by atoms with Crippen LogP contribution in [-0.2, 0) is 9.84 Å². The van der Waals surface area contributed by atoms with E-state index in [-0.39, 0.29) is 6.54 Å². The second kappa shape index (κ2) is 5.67. The summed E-state index contributed by atoms with van der Waals surface area (Å²) >= 11 is 5.11. The first-order valence-corrected chi connectivity index (χ1v) is 7.82. The Morgan fingerprint density at radius 2 is 1.83 bits per heavy atom. The molecule has 6 heteroatoms. The van der Waals surface area contributed by atoms with E-state index in [2.05, 4.69) is 10.6 Å². The summed E-state index contributed by atoms with van der Waals surface area (Å²) in [5, 5.41) is 6.33. The molecule has 0 aliphatic rings. The molecule has 0 saturated heterocycles. The molecule has 0 amide bonds. The minimum Gasteiger partial charge on any atom is -0.361 e. The van der Waals surface area contributed by atoms with Crippen LogP contribution in [-0.4, -0.2) is 31.1 Å². The van der Waals surface area contributed by atoms with Gasteiger partial charge in [0.1, 0.15) is 0 Å². The highest BCUT2D eigenvalue weighted by Crippen LogP contribution is 2.13. The zero-order valence-electron chi connectivity index (χ0n) is 10.7. The summed E-state index contributed by atoms with van der Waals surface area (Å²) in [7, 11) is -3.12. The first-order valence-electron chi connectivity index (χ1n) is 5.52.